The highest BCUT2D eigenvalue weighted by Crippen LogP contribution is 2.07. The summed E-state index contributed by atoms with van der Waals surface area (Å²) in [4.78, 5) is 22.6. The van der Waals surface area contributed by atoms with Gasteiger partial charge in [0.1, 0.15) is 0 Å². The van der Waals surface area contributed by atoms with Gasteiger partial charge in [0.05, 0.1) is 0 Å². The first-order valence-corrected chi connectivity index (χ1v) is 5.82. The van der Waals surface area contributed by atoms with Gasteiger partial charge in [-0.25, -0.2) is 9.59 Å². The molecule has 0 bridgehead atoms. The Bertz CT molecular complexity index is 524. The molecule has 19 heavy (non-hydrogen) atoms. The van der Waals surface area contributed by atoms with E-state index in [9.17, 15) is 9.59 Å². The molecule has 3 heteroatoms. The Morgan fingerprint density at radius 3 is 2.37 bits per heavy atom. The van der Waals surface area contributed by atoms with Crippen LogP contribution in [0.5, 0.6) is 0 Å². The molecule has 0 saturated heterocycles. The van der Waals surface area contributed by atoms with Crippen molar-refractivity contribution in [3.8, 4) is 0 Å². The van der Waals surface area contributed by atoms with Crippen LogP contribution in [0.1, 0.15) is 18.9 Å². The predicted molar refractivity (Wildman–Crippen MR) is 75.1 cm³/mol. The zero-order valence-electron chi connectivity index (χ0n) is 10.9. The predicted octanol–water partition coefficient (Wildman–Crippen LogP) is 3.29. The molecule has 98 valence electrons. The first-order valence-electron chi connectivity index (χ1n) is 5.82. The smallest absolute Gasteiger partial charge is 0.341 e. The van der Waals surface area contributed by atoms with Gasteiger partial charge in [0.15, 0.2) is 0 Å². The highest BCUT2D eigenvalue weighted by Gasteiger charge is 2.13. The average Bonchev–Trinajstić information content (AvgIpc) is 2.39. The summed E-state index contributed by atoms with van der Waals surface area (Å²) in [5.74, 6) is -1.44. The van der Waals surface area contributed by atoms with Crippen LogP contribution < -0.4 is 0 Å². The summed E-state index contributed by atoms with van der Waals surface area (Å²) in [7, 11) is 0. The third-order valence-corrected chi connectivity index (χ3v) is 2.30. The maximum absolute atomic E-state index is 11.5. The molecule has 3 nitrogen and oxygen atoms in total. The molecule has 0 N–H and O–H groups in total. The Morgan fingerprint density at radius 1 is 1.16 bits per heavy atom. The molecule has 0 saturated carbocycles. The van der Waals surface area contributed by atoms with Crippen molar-refractivity contribution < 1.29 is 14.3 Å². The molecule has 1 aromatic rings. The van der Waals surface area contributed by atoms with E-state index in [1.54, 1.807) is 6.08 Å². The number of hydrogen-bond donors (Lipinski definition) is 0. The third kappa shape index (κ3) is 5.17. The normalized spacial score (nSPS) is 10.2. The van der Waals surface area contributed by atoms with E-state index < -0.39 is 11.9 Å². The highest BCUT2D eigenvalue weighted by atomic mass is 16.6. The fourth-order valence-corrected chi connectivity index (χ4v) is 1.23. The molecule has 0 aromatic heterocycles. The first kappa shape index (κ1) is 14.6. The maximum atomic E-state index is 11.5. The first-order chi connectivity index (χ1) is 9.00. The van der Waals surface area contributed by atoms with Crippen LogP contribution in [-0.4, -0.2) is 11.9 Å². The number of carbonyl (C=O) groups excluding carboxylic acids is 2. The van der Waals surface area contributed by atoms with Gasteiger partial charge >= 0.3 is 11.9 Å². The van der Waals surface area contributed by atoms with Gasteiger partial charge in [0.2, 0.25) is 0 Å². The summed E-state index contributed by atoms with van der Waals surface area (Å²) in [6.45, 7) is 8.47. The van der Waals surface area contributed by atoms with Crippen LogP contribution >= 0.6 is 0 Å². The molecular weight excluding hydrogens is 240 g/mol. The highest BCUT2D eigenvalue weighted by molar-refractivity contribution is 6.01. The molecule has 0 aliphatic carbocycles. The largest absolute Gasteiger partial charge is 0.386 e. The van der Waals surface area contributed by atoms with E-state index in [1.165, 1.54) is 6.92 Å². The monoisotopic (exact) mass is 256 g/mol. The number of esters is 2. The van der Waals surface area contributed by atoms with E-state index in [0.29, 0.717) is 6.42 Å². The van der Waals surface area contributed by atoms with Gasteiger partial charge in [0, 0.05) is 11.1 Å². The lowest BCUT2D eigenvalue weighted by atomic mass is 10.1. The van der Waals surface area contributed by atoms with Gasteiger partial charge in [-0.1, -0.05) is 55.6 Å². The number of rotatable bonds is 5. The number of allylic oxidation sites excluding steroid dienone is 1. The number of ether oxygens (including phenoxy) is 1. The van der Waals surface area contributed by atoms with Gasteiger partial charge in [-0.2, -0.15) is 0 Å². The standard InChI is InChI=1S/C16H16O3/c1-12(2)15(17)19-16(18)13(3)8-7-11-14-9-5-4-6-10-14/h4-7,9-11H,1,3,8H2,2H3. The molecule has 0 fully saturated rings. The van der Waals surface area contributed by atoms with Gasteiger partial charge in [-0.3, -0.25) is 0 Å². The Hall–Kier alpha value is -2.42. The molecule has 0 unspecified atom stereocenters. The van der Waals surface area contributed by atoms with Crippen molar-refractivity contribution in [2.75, 3.05) is 0 Å². The van der Waals surface area contributed by atoms with Crippen LogP contribution in [0.25, 0.3) is 6.08 Å². The summed E-state index contributed by atoms with van der Waals surface area (Å²) in [5.41, 5.74) is 1.43. The van der Waals surface area contributed by atoms with Gasteiger partial charge in [-0.15, -0.1) is 0 Å². The van der Waals surface area contributed by atoms with Crippen molar-refractivity contribution in [2.45, 2.75) is 13.3 Å². The van der Waals surface area contributed by atoms with Gasteiger partial charge < -0.3 is 4.74 Å². The minimum Gasteiger partial charge on any atom is -0.386 e. The molecular formula is C16H16O3. The van der Waals surface area contributed by atoms with Crippen LogP contribution in [0.3, 0.4) is 0 Å². The zero-order valence-corrected chi connectivity index (χ0v) is 10.9. The van der Waals surface area contributed by atoms with Gasteiger partial charge in [0.25, 0.3) is 0 Å². The number of benzene rings is 1. The number of hydrogen-bond acceptors (Lipinski definition) is 3. The Balaban J connectivity index is 2.47. The quantitative estimate of drug-likeness (QED) is 0.461. The SMILES string of the molecule is C=C(C)C(=O)OC(=O)C(=C)CC=Cc1ccccc1. The molecule has 1 aromatic carbocycles. The lowest BCUT2D eigenvalue weighted by Crippen LogP contribution is -2.13. The van der Waals surface area contributed by atoms with E-state index in [2.05, 4.69) is 17.9 Å². The average molecular weight is 256 g/mol. The van der Waals surface area contributed by atoms with Crippen LogP contribution in [0, 0.1) is 0 Å². The summed E-state index contributed by atoms with van der Waals surface area (Å²) < 4.78 is 4.57. The van der Waals surface area contributed by atoms with Crippen LogP contribution in [0.2, 0.25) is 0 Å². The molecule has 0 amide bonds. The van der Waals surface area contributed by atoms with Crippen molar-refractivity contribution in [1.82, 2.24) is 0 Å². The Labute approximate surface area is 112 Å². The van der Waals surface area contributed by atoms with E-state index in [1.807, 2.05) is 36.4 Å². The molecule has 0 aliphatic rings. The second-order valence-electron chi connectivity index (χ2n) is 4.08. The third-order valence-electron chi connectivity index (χ3n) is 2.30. The van der Waals surface area contributed by atoms with Crippen molar-refractivity contribution >= 4 is 18.0 Å². The van der Waals surface area contributed by atoms with E-state index in [-0.39, 0.29) is 11.1 Å². The second-order valence-corrected chi connectivity index (χ2v) is 4.08. The lowest BCUT2D eigenvalue weighted by Gasteiger charge is -2.02. The van der Waals surface area contributed by atoms with Crippen molar-refractivity contribution in [3.05, 3.63) is 66.3 Å². The van der Waals surface area contributed by atoms with E-state index in [0.717, 1.165) is 5.56 Å². The van der Waals surface area contributed by atoms with E-state index >= 15 is 0 Å². The Kier molecular flexibility index (Phi) is 5.48. The van der Waals surface area contributed by atoms with Crippen LogP contribution in [-0.2, 0) is 14.3 Å². The molecule has 1 rings (SSSR count). The van der Waals surface area contributed by atoms with Crippen molar-refractivity contribution in [2.24, 2.45) is 0 Å². The fraction of sp³-hybridized carbons (Fsp3) is 0.125. The van der Waals surface area contributed by atoms with Crippen LogP contribution in [0.15, 0.2) is 60.7 Å². The molecule has 0 spiro atoms. The maximum Gasteiger partial charge on any atom is 0.341 e. The summed E-state index contributed by atoms with van der Waals surface area (Å²) in [6.07, 6.45) is 4.00. The second kappa shape index (κ2) is 7.11. The molecule has 0 atom stereocenters. The molecule has 0 aliphatic heterocycles. The summed E-state index contributed by atoms with van der Waals surface area (Å²) in [5, 5.41) is 0. The fourth-order valence-electron chi connectivity index (χ4n) is 1.23. The zero-order chi connectivity index (χ0) is 14.3. The molecule has 0 heterocycles. The minimum absolute atomic E-state index is 0.181. The van der Waals surface area contributed by atoms with Crippen molar-refractivity contribution in [1.29, 1.82) is 0 Å². The summed E-state index contributed by atoms with van der Waals surface area (Å²) >= 11 is 0. The van der Waals surface area contributed by atoms with E-state index in [4.69, 9.17) is 0 Å². The summed E-state index contributed by atoms with van der Waals surface area (Å²) in [6, 6.07) is 9.67. The van der Waals surface area contributed by atoms with Crippen molar-refractivity contribution in [3.63, 3.8) is 0 Å². The Morgan fingerprint density at radius 2 is 1.79 bits per heavy atom. The lowest BCUT2D eigenvalue weighted by molar-refractivity contribution is -0.154. The van der Waals surface area contributed by atoms with Crippen LogP contribution in [0.4, 0.5) is 0 Å². The molecule has 0 radical (unpaired) electrons. The topological polar surface area (TPSA) is 43.4 Å². The number of carbonyl (C=O) groups is 2. The minimum atomic E-state index is -0.724. The van der Waals surface area contributed by atoms with Gasteiger partial charge in [-0.05, 0) is 18.9 Å².